The van der Waals surface area contributed by atoms with Gasteiger partial charge in [0.2, 0.25) is 0 Å². The second-order valence-corrected chi connectivity index (χ2v) is 7.00. The van der Waals surface area contributed by atoms with Crippen LogP contribution < -0.4 is 0 Å². The second kappa shape index (κ2) is 5.08. The molecular weight excluding hydrogens is 293 g/mol. The summed E-state index contributed by atoms with van der Waals surface area (Å²) < 4.78 is 48.5. The van der Waals surface area contributed by atoms with Crippen molar-refractivity contribution in [1.82, 2.24) is 0 Å². The molecule has 0 heterocycles. The lowest BCUT2D eigenvalue weighted by molar-refractivity contribution is 0.506. The maximum atomic E-state index is 13.0. The first-order valence-corrected chi connectivity index (χ1v) is 7.39. The van der Waals surface area contributed by atoms with Crippen LogP contribution in [-0.4, -0.2) is 19.9 Å². The zero-order valence-electron chi connectivity index (χ0n) is 9.05. The molecule has 0 saturated carbocycles. The number of hydrogen-bond acceptors (Lipinski definition) is 2. The van der Waals surface area contributed by atoms with E-state index >= 15 is 0 Å². The van der Waals surface area contributed by atoms with E-state index < -0.39 is 32.1 Å². The Bertz CT molecular complexity index is 531. The summed E-state index contributed by atoms with van der Waals surface area (Å²) in [5, 5.41) is -2.08. The van der Waals surface area contributed by atoms with Gasteiger partial charge in [-0.3, -0.25) is 0 Å². The van der Waals surface area contributed by atoms with E-state index in [2.05, 4.69) is 0 Å². The van der Waals surface area contributed by atoms with Gasteiger partial charge in [-0.2, -0.15) is 0 Å². The van der Waals surface area contributed by atoms with Crippen molar-refractivity contribution < 1.29 is 17.2 Å². The fourth-order valence-electron chi connectivity index (χ4n) is 1.22. The molecule has 0 amide bonds. The normalized spacial score (nSPS) is 15.6. The van der Waals surface area contributed by atoms with Gasteiger partial charge in [0.05, 0.1) is 10.6 Å². The van der Waals surface area contributed by atoms with E-state index in [0.717, 1.165) is 18.4 Å². The van der Waals surface area contributed by atoms with Crippen molar-refractivity contribution in [3.05, 3.63) is 34.4 Å². The minimum absolute atomic E-state index is 0.0603. The Balaban J connectivity index is 3.22. The summed E-state index contributed by atoms with van der Waals surface area (Å²) in [7, 11) is -3.40. The minimum Gasteiger partial charge on any atom is -0.229 e. The van der Waals surface area contributed by atoms with Gasteiger partial charge in [-0.25, -0.2) is 17.2 Å². The van der Waals surface area contributed by atoms with Crippen LogP contribution in [0.1, 0.15) is 17.9 Å². The van der Waals surface area contributed by atoms with Gasteiger partial charge in [0, 0.05) is 11.3 Å². The molecule has 0 fully saturated rings. The quantitative estimate of drug-likeness (QED) is 0.634. The number of hydrogen-bond donors (Lipinski definition) is 0. The van der Waals surface area contributed by atoms with Crippen molar-refractivity contribution >= 4 is 33.0 Å². The lowest BCUT2D eigenvalue weighted by Gasteiger charge is -2.18. The van der Waals surface area contributed by atoms with Gasteiger partial charge in [-0.1, -0.05) is 11.6 Å². The third kappa shape index (κ3) is 3.30. The van der Waals surface area contributed by atoms with Crippen LogP contribution in [0.3, 0.4) is 0 Å². The average molecular weight is 303 g/mol. The highest BCUT2D eigenvalue weighted by Crippen LogP contribution is 2.34. The maximum absolute atomic E-state index is 13.0. The average Bonchev–Trinajstić information content (AvgIpc) is 2.20. The Morgan fingerprint density at radius 1 is 1.24 bits per heavy atom. The highest BCUT2D eigenvalue weighted by molar-refractivity contribution is 7.91. The molecular formula is C10H10Cl2F2O2S. The van der Waals surface area contributed by atoms with Crippen LogP contribution in [0.25, 0.3) is 0 Å². The Kier molecular flexibility index (Phi) is 4.38. The van der Waals surface area contributed by atoms with Gasteiger partial charge in [0.1, 0.15) is 0 Å². The van der Waals surface area contributed by atoms with Crippen molar-refractivity contribution in [2.24, 2.45) is 0 Å². The van der Waals surface area contributed by atoms with Crippen LogP contribution in [0.4, 0.5) is 8.78 Å². The second-order valence-electron chi connectivity index (χ2n) is 3.72. The Hall–Kier alpha value is -0.390. The van der Waals surface area contributed by atoms with E-state index in [4.69, 9.17) is 23.2 Å². The lowest BCUT2D eigenvalue weighted by atomic mass is 10.1. The highest BCUT2D eigenvalue weighted by atomic mass is 35.5. The SMILES string of the molecule is CC(C(Cl)c1cc(F)c(F)cc1Cl)S(C)(=O)=O. The third-order valence-corrected chi connectivity index (χ3v) is 5.14. The van der Waals surface area contributed by atoms with Gasteiger partial charge in [0.25, 0.3) is 0 Å². The molecule has 96 valence electrons. The van der Waals surface area contributed by atoms with E-state index in [0.29, 0.717) is 0 Å². The topological polar surface area (TPSA) is 34.1 Å². The number of halogens is 4. The fourth-order valence-corrected chi connectivity index (χ4v) is 2.86. The first kappa shape index (κ1) is 14.7. The summed E-state index contributed by atoms with van der Waals surface area (Å²) in [6.45, 7) is 1.38. The lowest BCUT2D eigenvalue weighted by Crippen LogP contribution is -2.21. The molecule has 0 aliphatic rings. The third-order valence-electron chi connectivity index (χ3n) is 2.42. The molecule has 1 aromatic rings. The van der Waals surface area contributed by atoms with E-state index in [1.807, 2.05) is 0 Å². The Morgan fingerprint density at radius 3 is 2.18 bits per heavy atom. The number of alkyl halides is 1. The maximum Gasteiger partial charge on any atom is 0.160 e. The smallest absolute Gasteiger partial charge is 0.160 e. The van der Waals surface area contributed by atoms with Gasteiger partial charge in [-0.15, -0.1) is 11.6 Å². The van der Waals surface area contributed by atoms with Crippen molar-refractivity contribution in [1.29, 1.82) is 0 Å². The van der Waals surface area contributed by atoms with Gasteiger partial charge < -0.3 is 0 Å². The van der Waals surface area contributed by atoms with Crippen LogP contribution in [0.15, 0.2) is 12.1 Å². The molecule has 0 aliphatic heterocycles. The monoisotopic (exact) mass is 302 g/mol. The van der Waals surface area contributed by atoms with Crippen LogP contribution in [0.5, 0.6) is 0 Å². The number of sulfone groups is 1. The largest absolute Gasteiger partial charge is 0.229 e. The molecule has 0 aromatic heterocycles. The molecule has 0 radical (unpaired) electrons. The van der Waals surface area contributed by atoms with E-state index in [9.17, 15) is 17.2 Å². The van der Waals surface area contributed by atoms with E-state index in [-0.39, 0.29) is 10.6 Å². The molecule has 2 atom stereocenters. The van der Waals surface area contributed by atoms with Crippen molar-refractivity contribution in [2.75, 3.05) is 6.26 Å². The Labute approximate surface area is 108 Å². The van der Waals surface area contributed by atoms with Gasteiger partial charge >= 0.3 is 0 Å². The summed E-state index contributed by atoms with van der Waals surface area (Å²) in [5.41, 5.74) is 0.0603. The molecule has 0 aliphatic carbocycles. The number of benzene rings is 1. The predicted octanol–water partition coefficient (Wildman–Crippen LogP) is 3.33. The van der Waals surface area contributed by atoms with Crippen LogP contribution in [0, 0.1) is 11.6 Å². The zero-order chi connectivity index (χ0) is 13.4. The molecule has 2 unspecified atom stereocenters. The summed E-state index contributed by atoms with van der Waals surface area (Å²) in [4.78, 5) is 0. The summed E-state index contributed by atoms with van der Waals surface area (Å²) in [6.07, 6.45) is 1.01. The van der Waals surface area contributed by atoms with E-state index in [1.54, 1.807) is 0 Å². The highest BCUT2D eigenvalue weighted by Gasteiger charge is 2.28. The van der Waals surface area contributed by atoms with Crippen LogP contribution in [0.2, 0.25) is 5.02 Å². The molecule has 2 nitrogen and oxygen atoms in total. The summed E-state index contributed by atoms with van der Waals surface area (Å²) in [6, 6.07) is 1.59. The first-order chi connectivity index (χ1) is 7.64. The molecule has 1 aromatic carbocycles. The number of rotatable bonds is 3. The van der Waals surface area contributed by atoms with Crippen LogP contribution >= 0.6 is 23.2 Å². The molecule has 0 N–H and O–H groups in total. The standard InChI is InChI=1S/C10H10Cl2F2O2S/c1-5(17(2,15)16)10(12)6-3-8(13)9(14)4-7(6)11/h3-5,10H,1-2H3. The Morgan fingerprint density at radius 2 is 1.71 bits per heavy atom. The zero-order valence-corrected chi connectivity index (χ0v) is 11.4. The van der Waals surface area contributed by atoms with Crippen molar-refractivity contribution in [3.8, 4) is 0 Å². The molecule has 0 spiro atoms. The fraction of sp³-hybridized carbons (Fsp3) is 0.400. The van der Waals surface area contributed by atoms with Crippen molar-refractivity contribution in [2.45, 2.75) is 17.6 Å². The van der Waals surface area contributed by atoms with Gasteiger partial charge in [-0.05, 0) is 24.6 Å². The molecule has 7 heteroatoms. The summed E-state index contributed by atoms with van der Waals surface area (Å²) >= 11 is 11.6. The molecule has 0 bridgehead atoms. The van der Waals surface area contributed by atoms with Crippen molar-refractivity contribution in [3.63, 3.8) is 0 Å². The minimum atomic E-state index is -3.40. The molecule has 0 saturated heterocycles. The molecule has 1 rings (SSSR count). The van der Waals surface area contributed by atoms with Gasteiger partial charge in [0.15, 0.2) is 21.5 Å². The predicted molar refractivity (Wildman–Crippen MR) is 64.3 cm³/mol. The van der Waals surface area contributed by atoms with E-state index in [1.165, 1.54) is 6.92 Å². The molecule has 17 heavy (non-hydrogen) atoms. The summed E-state index contributed by atoms with van der Waals surface area (Å²) in [5.74, 6) is -2.22. The van der Waals surface area contributed by atoms with Crippen LogP contribution in [-0.2, 0) is 9.84 Å². The first-order valence-electron chi connectivity index (χ1n) is 4.62.